The first-order valence-electron chi connectivity index (χ1n) is 7.62. The Morgan fingerprint density at radius 1 is 1.33 bits per heavy atom. The van der Waals surface area contributed by atoms with Gasteiger partial charge in [0.25, 0.3) is 5.91 Å². The van der Waals surface area contributed by atoms with Crippen molar-refractivity contribution in [2.45, 2.75) is 50.2 Å². The number of rotatable bonds is 2. The molecule has 4 nitrogen and oxygen atoms in total. The van der Waals surface area contributed by atoms with Gasteiger partial charge >= 0.3 is 0 Å². The molecule has 2 aliphatic rings. The lowest BCUT2D eigenvalue weighted by molar-refractivity contribution is 0.0463. The second-order valence-electron chi connectivity index (χ2n) is 6.28. The number of hydrogen-bond donors (Lipinski definition) is 2. The second-order valence-corrected chi connectivity index (χ2v) is 7.19. The molecule has 1 aromatic rings. The number of amides is 1. The van der Waals surface area contributed by atoms with Crippen LogP contribution in [-0.2, 0) is 0 Å². The molecule has 3 N–H and O–H groups in total. The second kappa shape index (κ2) is 5.97. The van der Waals surface area contributed by atoms with Gasteiger partial charge in [-0.1, -0.05) is 22.4 Å². The summed E-state index contributed by atoms with van der Waals surface area (Å²) in [5.74, 6) is -0.0485. The van der Waals surface area contributed by atoms with E-state index in [1.54, 1.807) is 12.1 Å². The summed E-state index contributed by atoms with van der Waals surface area (Å²) in [6.07, 6.45) is 5.92. The molecular formula is C16H22BrN3O. The molecule has 2 fully saturated rings. The third-order valence-corrected chi connectivity index (χ3v) is 5.43. The normalized spacial score (nSPS) is 29.1. The van der Waals surface area contributed by atoms with Gasteiger partial charge in [-0.05, 0) is 50.9 Å². The van der Waals surface area contributed by atoms with Crippen molar-refractivity contribution in [3.05, 3.63) is 28.2 Å². The van der Waals surface area contributed by atoms with Gasteiger partial charge in [0.1, 0.15) is 0 Å². The molecule has 5 heteroatoms. The first-order valence-corrected chi connectivity index (χ1v) is 8.41. The third-order valence-electron chi connectivity index (χ3n) is 4.93. The third kappa shape index (κ3) is 3.09. The summed E-state index contributed by atoms with van der Waals surface area (Å²) in [5, 5.41) is 3.18. The Labute approximate surface area is 134 Å². The smallest absolute Gasteiger partial charge is 0.253 e. The fraction of sp³-hybridized carbons (Fsp3) is 0.562. The standard InChI is InChI=1S/C16H22BrN3O/c1-20-12-3-2-4-13(20)9-11(8-12)19-16(21)14-6-5-10(17)7-15(14)18/h5-7,11-13H,2-4,8-9,18H2,1H3,(H,19,21). The van der Waals surface area contributed by atoms with Crippen molar-refractivity contribution in [3.63, 3.8) is 0 Å². The van der Waals surface area contributed by atoms with Crippen molar-refractivity contribution in [1.82, 2.24) is 10.2 Å². The van der Waals surface area contributed by atoms with Crippen molar-refractivity contribution in [2.24, 2.45) is 0 Å². The fourth-order valence-corrected chi connectivity index (χ4v) is 4.12. The van der Waals surface area contributed by atoms with Gasteiger partial charge in [-0.3, -0.25) is 4.79 Å². The highest BCUT2D eigenvalue weighted by atomic mass is 79.9. The molecule has 2 heterocycles. The highest BCUT2D eigenvalue weighted by Crippen LogP contribution is 2.32. The van der Waals surface area contributed by atoms with Gasteiger partial charge in [0.05, 0.1) is 5.56 Å². The van der Waals surface area contributed by atoms with E-state index in [1.165, 1.54) is 19.3 Å². The first-order chi connectivity index (χ1) is 10.0. The molecule has 3 rings (SSSR count). The number of nitrogens with zero attached hydrogens (tertiary/aromatic N) is 1. The molecule has 0 spiro atoms. The zero-order valence-corrected chi connectivity index (χ0v) is 13.9. The van der Waals surface area contributed by atoms with Gasteiger partial charge in [0.15, 0.2) is 0 Å². The van der Waals surface area contributed by atoms with E-state index in [0.717, 1.165) is 17.3 Å². The number of hydrogen-bond acceptors (Lipinski definition) is 3. The van der Waals surface area contributed by atoms with E-state index < -0.39 is 0 Å². The summed E-state index contributed by atoms with van der Waals surface area (Å²) < 4.78 is 0.894. The Bertz CT molecular complexity index is 534. The number of carbonyl (C=O) groups excluding carboxylic acids is 1. The van der Waals surface area contributed by atoms with Gasteiger partial charge in [-0.15, -0.1) is 0 Å². The molecule has 2 atom stereocenters. The number of nitrogens with one attached hydrogen (secondary N) is 1. The van der Waals surface area contributed by atoms with E-state index in [9.17, 15) is 4.79 Å². The number of halogens is 1. The van der Waals surface area contributed by atoms with Crippen LogP contribution in [-0.4, -0.2) is 36.0 Å². The van der Waals surface area contributed by atoms with Gasteiger partial charge in [0, 0.05) is 28.3 Å². The maximum absolute atomic E-state index is 12.4. The highest BCUT2D eigenvalue weighted by molar-refractivity contribution is 9.10. The van der Waals surface area contributed by atoms with Crippen LogP contribution in [0.1, 0.15) is 42.5 Å². The van der Waals surface area contributed by atoms with E-state index in [4.69, 9.17) is 5.73 Å². The Kier molecular flexibility index (Phi) is 4.22. The molecule has 2 saturated heterocycles. The number of piperidine rings is 2. The van der Waals surface area contributed by atoms with Crippen LogP contribution in [0.5, 0.6) is 0 Å². The summed E-state index contributed by atoms with van der Waals surface area (Å²) in [7, 11) is 2.22. The topological polar surface area (TPSA) is 58.4 Å². The Morgan fingerprint density at radius 3 is 2.62 bits per heavy atom. The molecule has 2 unspecified atom stereocenters. The van der Waals surface area contributed by atoms with Gasteiger partial charge in [0.2, 0.25) is 0 Å². The van der Waals surface area contributed by atoms with Crippen LogP contribution in [0.15, 0.2) is 22.7 Å². The van der Waals surface area contributed by atoms with Gasteiger partial charge < -0.3 is 16.0 Å². The Balaban J connectivity index is 1.68. The molecule has 0 saturated carbocycles. The van der Waals surface area contributed by atoms with Crippen LogP contribution < -0.4 is 11.1 Å². The molecule has 0 radical (unpaired) electrons. The van der Waals surface area contributed by atoms with Crippen LogP contribution in [0.25, 0.3) is 0 Å². The summed E-state index contributed by atoms with van der Waals surface area (Å²) in [5.41, 5.74) is 7.04. The van der Waals surface area contributed by atoms with E-state index in [2.05, 4.69) is 33.2 Å². The largest absolute Gasteiger partial charge is 0.398 e. The monoisotopic (exact) mass is 351 g/mol. The van der Waals surface area contributed by atoms with Gasteiger partial charge in [-0.2, -0.15) is 0 Å². The number of nitrogens with two attached hydrogens (primary N) is 1. The molecule has 21 heavy (non-hydrogen) atoms. The summed E-state index contributed by atoms with van der Waals surface area (Å²) >= 11 is 3.37. The number of carbonyl (C=O) groups is 1. The molecule has 1 aromatic carbocycles. The van der Waals surface area contributed by atoms with Crippen LogP contribution in [0.3, 0.4) is 0 Å². The minimum absolute atomic E-state index is 0.0485. The average molecular weight is 352 g/mol. The summed E-state index contributed by atoms with van der Waals surface area (Å²) in [4.78, 5) is 14.9. The lowest BCUT2D eigenvalue weighted by Gasteiger charge is -2.47. The van der Waals surface area contributed by atoms with Crippen LogP contribution in [0, 0.1) is 0 Å². The molecule has 2 aliphatic heterocycles. The van der Waals surface area contributed by atoms with Gasteiger partial charge in [-0.25, -0.2) is 0 Å². The quantitative estimate of drug-likeness (QED) is 0.805. The number of anilines is 1. The van der Waals surface area contributed by atoms with Crippen molar-refractivity contribution in [3.8, 4) is 0 Å². The molecule has 0 aromatic heterocycles. The van der Waals surface area contributed by atoms with Crippen molar-refractivity contribution >= 4 is 27.5 Å². The van der Waals surface area contributed by atoms with Crippen LogP contribution in [0.2, 0.25) is 0 Å². The molecule has 1 amide bonds. The van der Waals surface area contributed by atoms with Crippen molar-refractivity contribution < 1.29 is 4.79 Å². The highest BCUT2D eigenvalue weighted by Gasteiger charge is 2.36. The molecule has 114 valence electrons. The molecule has 2 bridgehead atoms. The maximum atomic E-state index is 12.4. The van der Waals surface area contributed by atoms with Crippen molar-refractivity contribution in [1.29, 1.82) is 0 Å². The van der Waals surface area contributed by atoms with E-state index in [-0.39, 0.29) is 11.9 Å². The SMILES string of the molecule is CN1C2CCCC1CC(NC(=O)c1ccc(Br)cc1N)C2. The number of benzene rings is 1. The lowest BCUT2D eigenvalue weighted by Crippen LogP contribution is -2.55. The zero-order chi connectivity index (χ0) is 15.0. The maximum Gasteiger partial charge on any atom is 0.253 e. The average Bonchev–Trinajstić information content (AvgIpc) is 2.39. The van der Waals surface area contributed by atoms with E-state index in [1.807, 2.05) is 6.07 Å². The lowest BCUT2D eigenvalue weighted by atomic mass is 9.82. The van der Waals surface area contributed by atoms with Crippen LogP contribution >= 0.6 is 15.9 Å². The van der Waals surface area contributed by atoms with Crippen LogP contribution in [0.4, 0.5) is 5.69 Å². The predicted molar refractivity (Wildman–Crippen MR) is 88.2 cm³/mol. The molecule has 0 aliphatic carbocycles. The minimum atomic E-state index is -0.0485. The summed E-state index contributed by atoms with van der Waals surface area (Å²) in [6, 6.07) is 6.92. The summed E-state index contributed by atoms with van der Waals surface area (Å²) in [6.45, 7) is 0. The van der Waals surface area contributed by atoms with E-state index in [0.29, 0.717) is 23.3 Å². The van der Waals surface area contributed by atoms with E-state index >= 15 is 0 Å². The predicted octanol–water partition coefficient (Wildman–Crippen LogP) is 2.78. The fourth-order valence-electron chi connectivity index (χ4n) is 3.74. The zero-order valence-electron chi connectivity index (χ0n) is 12.3. The Hall–Kier alpha value is -1.07. The minimum Gasteiger partial charge on any atom is -0.398 e. The number of nitrogen functional groups attached to an aromatic ring is 1. The first kappa shape index (κ1) is 14.9. The number of fused-ring (bicyclic) bond motifs is 2. The molecular weight excluding hydrogens is 330 g/mol. The Morgan fingerprint density at radius 2 is 2.00 bits per heavy atom. The van der Waals surface area contributed by atoms with Crippen molar-refractivity contribution in [2.75, 3.05) is 12.8 Å².